The fraction of sp³-hybridized carbons (Fsp3) is 0.417. The van der Waals surface area contributed by atoms with E-state index in [-0.39, 0.29) is 42.7 Å². The van der Waals surface area contributed by atoms with Gasteiger partial charge in [0.15, 0.2) is 0 Å². The fourth-order valence-electron chi connectivity index (χ4n) is 2.23. The van der Waals surface area contributed by atoms with Gasteiger partial charge < -0.3 is 4.90 Å². The van der Waals surface area contributed by atoms with E-state index in [4.69, 9.17) is 15.8 Å². The van der Waals surface area contributed by atoms with Gasteiger partial charge in [-0.1, -0.05) is 10.2 Å². The third-order valence-electron chi connectivity index (χ3n) is 3.37. The second-order valence-electron chi connectivity index (χ2n) is 4.98. The van der Waals surface area contributed by atoms with Gasteiger partial charge in [0.05, 0.1) is 6.54 Å². The lowest BCUT2D eigenvalue weighted by molar-refractivity contribution is 0.0771. The Bertz CT molecular complexity index is 807. The third kappa shape index (κ3) is 4.36. The maximum Gasteiger partial charge on any atom is 0.253 e. The highest BCUT2D eigenvalue weighted by atomic mass is 32.2. The Morgan fingerprint density at radius 3 is 2.57 bits per heavy atom. The van der Waals surface area contributed by atoms with Gasteiger partial charge in [0.1, 0.15) is 0 Å². The van der Waals surface area contributed by atoms with Gasteiger partial charge in [0.25, 0.3) is 5.91 Å². The Morgan fingerprint density at radius 2 is 1.96 bits per heavy atom. The smallest absolute Gasteiger partial charge is 0.253 e. The van der Waals surface area contributed by atoms with Crippen molar-refractivity contribution >= 4 is 21.3 Å². The predicted octanol–water partition coefficient (Wildman–Crippen LogP) is 2.94. The first-order valence-corrected chi connectivity index (χ1v) is 8.58. The summed E-state index contributed by atoms with van der Waals surface area (Å²) in [6, 6.07) is 4.56. The van der Waals surface area contributed by atoms with E-state index in [1.807, 2.05) is 0 Å². The second kappa shape index (κ2) is 7.01. The van der Waals surface area contributed by atoms with Crippen molar-refractivity contribution in [1.29, 1.82) is 4.78 Å². The van der Waals surface area contributed by atoms with Gasteiger partial charge in [0.2, 0.25) is 0 Å². The van der Waals surface area contributed by atoms with E-state index in [1.54, 1.807) is 6.07 Å². The summed E-state index contributed by atoms with van der Waals surface area (Å²) in [7, 11) is -2.58. The molecule has 11 heteroatoms. The molecule has 0 bridgehead atoms. The molecule has 1 heterocycles. The molecule has 1 aliphatic heterocycles. The Morgan fingerprint density at radius 1 is 1.26 bits per heavy atom. The molecule has 0 spiro atoms. The summed E-state index contributed by atoms with van der Waals surface area (Å²) in [5, 5.41) is 6.92. The molecule has 120 valence electrons. The molecular weight excluding hydrogens is 320 g/mol. The van der Waals surface area contributed by atoms with Crippen LogP contribution >= 0.6 is 0 Å². The highest BCUT2D eigenvalue weighted by molar-refractivity contribution is 7.92. The van der Waals surface area contributed by atoms with E-state index >= 15 is 0 Å². The predicted molar refractivity (Wildman–Crippen MR) is 84.6 cm³/mol. The van der Waals surface area contributed by atoms with E-state index < -0.39 is 9.73 Å². The molecule has 0 aliphatic carbocycles. The van der Waals surface area contributed by atoms with Gasteiger partial charge in [-0.05, 0) is 34.8 Å². The average molecular weight is 334 g/mol. The van der Waals surface area contributed by atoms with E-state index in [9.17, 15) is 9.00 Å². The van der Waals surface area contributed by atoms with Gasteiger partial charge in [-0.3, -0.25) is 9.57 Å². The van der Waals surface area contributed by atoms with Crippen molar-refractivity contribution in [1.82, 2.24) is 4.90 Å². The number of hydrogen-bond donors (Lipinski definition) is 1. The van der Waals surface area contributed by atoms with Crippen LogP contribution in [0.15, 0.2) is 28.4 Å². The SMILES string of the molecule is [N-]=[N+]=NCc1cc(N=[N+]=[N-])cc(C(=O)N2CCS(=N)(=O)CC2)c1. The summed E-state index contributed by atoms with van der Waals surface area (Å²) < 4.78 is 19.2. The Labute approximate surface area is 132 Å². The summed E-state index contributed by atoms with van der Waals surface area (Å²) >= 11 is 0. The van der Waals surface area contributed by atoms with E-state index in [2.05, 4.69) is 20.1 Å². The zero-order valence-electron chi connectivity index (χ0n) is 12.1. The maximum absolute atomic E-state index is 12.5. The minimum atomic E-state index is -2.58. The molecule has 1 N–H and O–H groups in total. The molecule has 2 rings (SSSR count). The summed E-state index contributed by atoms with van der Waals surface area (Å²) in [5.41, 5.74) is 18.0. The van der Waals surface area contributed by atoms with Crippen molar-refractivity contribution in [3.63, 3.8) is 0 Å². The molecule has 1 fully saturated rings. The van der Waals surface area contributed by atoms with Gasteiger partial charge in [0, 0.05) is 55.4 Å². The second-order valence-corrected chi connectivity index (χ2v) is 7.42. The van der Waals surface area contributed by atoms with Crippen molar-refractivity contribution in [3.05, 3.63) is 50.2 Å². The van der Waals surface area contributed by atoms with Crippen molar-refractivity contribution in [2.45, 2.75) is 6.54 Å². The van der Waals surface area contributed by atoms with Crippen molar-refractivity contribution < 1.29 is 9.00 Å². The maximum atomic E-state index is 12.5. The van der Waals surface area contributed by atoms with Crippen LogP contribution in [0.3, 0.4) is 0 Å². The number of nitrogens with zero attached hydrogens (tertiary/aromatic N) is 7. The zero-order chi connectivity index (χ0) is 16.9. The molecular formula is C12H14N8O2S. The number of rotatable bonds is 4. The molecule has 1 amide bonds. The molecule has 1 aliphatic rings. The molecule has 1 aromatic carbocycles. The molecule has 0 atom stereocenters. The van der Waals surface area contributed by atoms with Crippen LogP contribution in [-0.2, 0) is 16.3 Å². The van der Waals surface area contributed by atoms with E-state index in [0.717, 1.165) is 0 Å². The van der Waals surface area contributed by atoms with Crippen LogP contribution in [0, 0.1) is 4.78 Å². The Balaban J connectivity index is 2.29. The number of hydrogen-bond acceptors (Lipinski definition) is 5. The molecule has 1 aromatic rings. The first-order chi connectivity index (χ1) is 10.9. The highest BCUT2D eigenvalue weighted by Gasteiger charge is 2.24. The first kappa shape index (κ1) is 16.6. The van der Waals surface area contributed by atoms with Crippen LogP contribution in [0.1, 0.15) is 15.9 Å². The molecule has 23 heavy (non-hydrogen) atoms. The van der Waals surface area contributed by atoms with E-state index in [1.165, 1.54) is 17.0 Å². The minimum Gasteiger partial charge on any atom is -0.337 e. The fourth-order valence-corrected chi connectivity index (χ4v) is 3.46. The van der Waals surface area contributed by atoms with Crippen LogP contribution in [0.2, 0.25) is 0 Å². The van der Waals surface area contributed by atoms with E-state index in [0.29, 0.717) is 11.1 Å². The number of azide groups is 2. The number of carbonyl (C=O) groups is 1. The van der Waals surface area contributed by atoms with Gasteiger partial charge in [-0.15, -0.1) is 0 Å². The Hall–Kier alpha value is -2.74. The quantitative estimate of drug-likeness (QED) is 0.509. The number of carbonyl (C=O) groups excluding carboxylic acids is 1. The van der Waals surface area contributed by atoms with Crippen molar-refractivity contribution in [2.24, 2.45) is 10.2 Å². The molecule has 0 aromatic heterocycles. The molecule has 0 unspecified atom stereocenters. The van der Waals surface area contributed by atoms with Crippen LogP contribution < -0.4 is 0 Å². The number of benzene rings is 1. The first-order valence-electron chi connectivity index (χ1n) is 6.68. The normalized spacial score (nSPS) is 16.1. The number of amides is 1. The third-order valence-corrected chi connectivity index (χ3v) is 5.05. The van der Waals surface area contributed by atoms with Crippen LogP contribution in [0.25, 0.3) is 20.9 Å². The topological polar surface area (TPSA) is 159 Å². The molecule has 1 saturated heterocycles. The number of nitrogens with one attached hydrogen (secondary N) is 1. The average Bonchev–Trinajstić information content (AvgIpc) is 2.52. The molecule has 10 nitrogen and oxygen atoms in total. The van der Waals surface area contributed by atoms with Crippen LogP contribution in [0.4, 0.5) is 5.69 Å². The van der Waals surface area contributed by atoms with Crippen molar-refractivity contribution in [3.8, 4) is 0 Å². The van der Waals surface area contributed by atoms with Gasteiger partial charge in [-0.2, -0.15) is 0 Å². The van der Waals surface area contributed by atoms with Crippen LogP contribution in [0.5, 0.6) is 0 Å². The Kier molecular flexibility index (Phi) is 5.07. The van der Waals surface area contributed by atoms with Gasteiger partial charge in [-0.25, -0.2) is 4.21 Å². The lowest BCUT2D eigenvalue weighted by Gasteiger charge is -2.28. The summed E-state index contributed by atoms with van der Waals surface area (Å²) in [4.78, 5) is 19.4. The summed E-state index contributed by atoms with van der Waals surface area (Å²) in [5.74, 6) is 0.0119. The summed E-state index contributed by atoms with van der Waals surface area (Å²) in [6.45, 7) is 0.531. The molecule has 0 saturated carbocycles. The van der Waals surface area contributed by atoms with Crippen LogP contribution in [-0.4, -0.2) is 39.6 Å². The lowest BCUT2D eigenvalue weighted by Crippen LogP contribution is -2.43. The largest absolute Gasteiger partial charge is 0.337 e. The summed E-state index contributed by atoms with van der Waals surface area (Å²) in [6.07, 6.45) is 0. The lowest BCUT2D eigenvalue weighted by atomic mass is 10.1. The molecule has 0 radical (unpaired) electrons. The van der Waals surface area contributed by atoms with Gasteiger partial charge >= 0.3 is 0 Å². The standard InChI is InChI=1S/C12H14N8O2S/c13-18-16-8-9-5-10(7-11(6-9)17-19-14)12(21)20-1-3-23(15,22)4-2-20/h5-7,15H,1-4,8H2. The monoisotopic (exact) mass is 334 g/mol. The van der Waals surface area contributed by atoms with Crippen molar-refractivity contribution in [2.75, 3.05) is 24.6 Å². The highest BCUT2D eigenvalue weighted by Crippen LogP contribution is 2.21. The minimum absolute atomic E-state index is 0.0338. The zero-order valence-corrected chi connectivity index (χ0v) is 12.9.